The summed E-state index contributed by atoms with van der Waals surface area (Å²) in [5.41, 5.74) is 0.377. The van der Waals surface area contributed by atoms with E-state index in [4.69, 9.17) is 11.2 Å². The summed E-state index contributed by atoms with van der Waals surface area (Å²) < 4.78 is 5.09. The molecule has 1 aromatic rings. The van der Waals surface area contributed by atoms with Gasteiger partial charge in [0.05, 0.1) is 11.5 Å². The summed E-state index contributed by atoms with van der Waals surface area (Å²) in [6, 6.07) is 4.44. The summed E-state index contributed by atoms with van der Waals surface area (Å²) >= 11 is 0. The van der Waals surface area contributed by atoms with Gasteiger partial charge in [-0.2, -0.15) is 0 Å². The predicted molar refractivity (Wildman–Crippen MR) is 52.2 cm³/mol. The van der Waals surface area contributed by atoms with Gasteiger partial charge in [0.2, 0.25) is 0 Å². The lowest BCUT2D eigenvalue weighted by molar-refractivity contribution is -0.385. The van der Waals surface area contributed by atoms with E-state index in [-0.39, 0.29) is 11.4 Å². The Morgan fingerprint density at radius 1 is 1.64 bits per heavy atom. The molecular weight excluding hydrogens is 182 g/mol. The molecule has 0 aliphatic heterocycles. The molecule has 0 N–H and O–H groups in total. The summed E-state index contributed by atoms with van der Waals surface area (Å²) in [6.45, 7) is 2.15. The van der Waals surface area contributed by atoms with Crippen molar-refractivity contribution in [1.29, 1.82) is 0 Å². The Morgan fingerprint density at radius 2 is 2.36 bits per heavy atom. The van der Waals surface area contributed by atoms with Crippen molar-refractivity contribution in [3.8, 4) is 18.1 Å². The van der Waals surface area contributed by atoms with E-state index in [1.807, 2.05) is 0 Å². The summed E-state index contributed by atoms with van der Waals surface area (Å²) in [5.74, 6) is 2.58. The van der Waals surface area contributed by atoms with Gasteiger partial charge in [0.15, 0.2) is 5.75 Å². The van der Waals surface area contributed by atoms with Crippen LogP contribution in [0.2, 0.25) is 0 Å². The van der Waals surface area contributed by atoms with Crippen molar-refractivity contribution in [1.82, 2.24) is 0 Å². The second kappa shape index (κ2) is 4.28. The first-order valence-electron chi connectivity index (χ1n) is 4.07. The summed E-state index contributed by atoms with van der Waals surface area (Å²) in [5, 5.41) is 10.6. The smallest absolute Gasteiger partial charge is 0.312 e. The average molecular weight is 191 g/mol. The van der Waals surface area contributed by atoms with Crippen molar-refractivity contribution in [2.24, 2.45) is 0 Å². The Labute approximate surface area is 81.7 Å². The molecule has 0 aliphatic carbocycles. The number of nitro benzene ring substituents is 1. The van der Waals surface area contributed by atoms with Gasteiger partial charge in [0, 0.05) is 11.6 Å². The van der Waals surface area contributed by atoms with Crippen LogP contribution >= 0.6 is 0 Å². The molecule has 1 rings (SSSR count). The third kappa shape index (κ3) is 2.02. The standard InChI is InChI=1S/C10H9NO3/c1-3-8-5-6-10(14-4-2)9(7-8)11(12)13/h1,5-7H,4H2,2H3. The van der Waals surface area contributed by atoms with Crippen molar-refractivity contribution in [3.63, 3.8) is 0 Å². The van der Waals surface area contributed by atoms with Gasteiger partial charge < -0.3 is 4.74 Å². The van der Waals surface area contributed by atoms with E-state index in [2.05, 4.69) is 5.92 Å². The first kappa shape index (κ1) is 10.1. The first-order chi connectivity index (χ1) is 6.69. The van der Waals surface area contributed by atoms with Crippen LogP contribution in [0.1, 0.15) is 12.5 Å². The van der Waals surface area contributed by atoms with E-state index in [0.29, 0.717) is 12.2 Å². The number of nitro groups is 1. The van der Waals surface area contributed by atoms with Gasteiger partial charge in [-0.1, -0.05) is 5.92 Å². The van der Waals surface area contributed by atoms with Crippen LogP contribution in [0.5, 0.6) is 5.75 Å². The molecule has 0 spiro atoms. The fourth-order valence-electron chi connectivity index (χ4n) is 1.03. The lowest BCUT2D eigenvalue weighted by Gasteiger charge is -2.03. The fourth-order valence-corrected chi connectivity index (χ4v) is 1.03. The summed E-state index contributed by atoms with van der Waals surface area (Å²) in [7, 11) is 0. The van der Waals surface area contributed by atoms with E-state index < -0.39 is 4.92 Å². The lowest BCUT2D eigenvalue weighted by Crippen LogP contribution is -1.97. The fraction of sp³-hybridized carbons (Fsp3) is 0.200. The van der Waals surface area contributed by atoms with Crippen LogP contribution in [0.25, 0.3) is 0 Å². The van der Waals surface area contributed by atoms with Crippen molar-refractivity contribution in [2.45, 2.75) is 6.92 Å². The molecule has 0 bridgehead atoms. The van der Waals surface area contributed by atoms with Gasteiger partial charge >= 0.3 is 5.69 Å². The average Bonchev–Trinajstić information content (AvgIpc) is 2.18. The Balaban J connectivity index is 3.18. The minimum atomic E-state index is -0.508. The quantitative estimate of drug-likeness (QED) is 0.417. The molecule has 0 saturated heterocycles. The Hall–Kier alpha value is -2.02. The van der Waals surface area contributed by atoms with E-state index in [1.165, 1.54) is 12.1 Å². The van der Waals surface area contributed by atoms with Gasteiger partial charge in [-0.3, -0.25) is 10.1 Å². The SMILES string of the molecule is C#Cc1ccc(OCC)c([N+](=O)[O-])c1. The zero-order valence-corrected chi connectivity index (χ0v) is 7.69. The van der Waals surface area contributed by atoms with Gasteiger partial charge in [-0.25, -0.2) is 0 Å². The number of terminal acetylenes is 1. The van der Waals surface area contributed by atoms with Crippen LogP contribution in [0, 0.1) is 22.5 Å². The van der Waals surface area contributed by atoms with Crippen molar-refractivity contribution < 1.29 is 9.66 Å². The molecule has 4 nitrogen and oxygen atoms in total. The third-order valence-corrected chi connectivity index (χ3v) is 1.62. The zero-order valence-electron chi connectivity index (χ0n) is 7.69. The van der Waals surface area contributed by atoms with Gasteiger partial charge in [0.25, 0.3) is 0 Å². The van der Waals surface area contributed by atoms with Gasteiger partial charge in [0.1, 0.15) is 0 Å². The van der Waals surface area contributed by atoms with Crippen LogP contribution in [0.3, 0.4) is 0 Å². The lowest BCUT2D eigenvalue weighted by atomic mass is 10.2. The third-order valence-electron chi connectivity index (χ3n) is 1.62. The number of hydrogen-bond donors (Lipinski definition) is 0. The highest BCUT2D eigenvalue weighted by Crippen LogP contribution is 2.27. The molecule has 0 heterocycles. The Morgan fingerprint density at radius 3 is 2.86 bits per heavy atom. The molecule has 0 fully saturated rings. The molecule has 1 aromatic carbocycles. The second-order valence-corrected chi connectivity index (χ2v) is 2.52. The molecule has 0 saturated carbocycles. The Kier molecular flexibility index (Phi) is 3.08. The first-order valence-corrected chi connectivity index (χ1v) is 4.07. The highest BCUT2D eigenvalue weighted by Gasteiger charge is 2.14. The van der Waals surface area contributed by atoms with Crippen molar-refractivity contribution >= 4 is 5.69 Å². The molecule has 0 unspecified atom stereocenters. The molecule has 72 valence electrons. The number of benzene rings is 1. The molecule has 0 radical (unpaired) electrons. The predicted octanol–water partition coefficient (Wildman–Crippen LogP) is 1.97. The van der Waals surface area contributed by atoms with Crippen LogP contribution in [-0.2, 0) is 0 Å². The number of nitrogens with zero attached hydrogens (tertiary/aromatic N) is 1. The van der Waals surface area contributed by atoms with E-state index >= 15 is 0 Å². The topological polar surface area (TPSA) is 52.4 Å². The minimum Gasteiger partial charge on any atom is -0.487 e. The Bertz CT molecular complexity index is 393. The van der Waals surface area contributed by atoms with E-state index in [9.17, 15) is 10.1 Å². The van der Waals surface area contributed by atoms with Crippen molar-refractivity contribution in [3.05, 3.63) is 33.9 Å². The largest absolute Gasteiger partial charge is 0.487 e. The maximum atomic E-state index is 10.6. The summed E-state index contributed by atoms with van der Waals surface area (Å²) in [4.78, 5) is 10.1. The maximum absolute atomic E-state index is 10.6. The summed E-state index contributed by atoms with van der Waals surface area (Å²) in [6.07, 6.45) is 5.13. The van der Waals surface area contributed by atoms with Crippen LogP contribution in [-0.4, -0.2) is 11.5 Å². The number of hydrogen-bond acceptors (Lipinski definition) is 3. The van der Waals surface area contributed by atoms with Crippen LogP contribution < -0.4 is 4.74 Å². The molecule has 0 atom stereocenters. The monoisotopic (exact) mass is 191 g/mol. The molecule has 4 heteroatoms. The normalized spacial score (nSPS) is 9.14. The van der Waals surface area contributed by atoms with Crippen molar-refractivity contribution in [2.75, 3.05) is 6.61 Å². The number of ether oxygens (including phenoxy) is 1. The second-order valence-electron chi connectivity index (χ2n) is 2.52. The molecule has 14 heavy (non-hydrogen) atoms. The molecule has 0 aliphatic rings. The van der Waals surface area contributed by atoms with E-state index in [1.54, 1.807) is 13.0 Å². The molecule has 0 aromatic heterocycles. The van der Waals surface area contributed by atoms with Crippen LogP contribution in [0.4, 0.5) is 5.69 Å². The highest BCUT2D eigenvalue weighted by atomic mass is 16.6. The molecular formula is C10H9NO3. The van der Waals surface area contributed by atoms with Gasteiger partial charge in [-0.05, 0) is 19.1 Å². The maximum Gasteiger partial charge on any atom is 0.312 e. The van der Waals surface area contributed by atoms with Crippen LogP contribution in [0.15, 0.2) is 18.2 Å². The zero-order chi connectivity index (χ0) is 10.6. The number of rotatable bonds is 3. The molecule has 0 amide bonds. The minimum absolute atomic E-state index is 0.0951. The highest BCUT2D eigenvalue weighted by molar-refractivity contribution is 5.52. The van der Waals surface area contributed by atoms with E-state index in [0.717, 1.165) is 0 Å². The van der Waals surface area contributed by atoms with Gasteiger partial charge in [-0.15, -0.1) is 6.42 Å².